The number of nitrogens with one attached hydrogen (secondary N) is 2. The number of nitrogens with zero attached hydrogens (tertiary/aromatic N) is 4. The van der Waals surface area contributed by atoms with Crippen LogP contribution in [0.2, 0.25) is 0 Å². The quantitative estimate of drug-likeness (QED) is 0.602. The van der Waals surface area contributed by atoms with Crippen molar-refractivity contribution in [1.29, 1.82) is 0 Å². The Kier molecular flexibility index (Phi) is 6.20. The van der Waals surface area contributed by atoms with Gasteiger partial charge in [-0.25, -0.2) is 0 Å². The number of tetrazole rings is 1. The van der Waals surface area contributed by atoms with E-state index in [0.29, 0.717) is 11.4 Å². The number of benzene rings is 2. The number of aromatic nitrogens is 4. The summed E-state index contributed by atoms with van der Waals surface area (Å²) < 4.78 is 36.5. The van der Waals surface area contributed by atoms with Crippen molar-refractivity contribution in [3.63, 3.8) is 0 Å². The van der Waals surface area contributed by atoms with Gasteiger partial charge in [-0.2, -0.15) is 13.2 Å². The maximum Gasteiger partial charge on any atom is 0.405 e. The molecule has 2 amide bonds. The van der Waals surface area contributed by atoms with Crippen LogP contribution >= 0.6 is 0 Å². The van der Waals surface area contributed by atoms with Crippen LogP contribution in [0.15, 0.2) is 60.7 Å². The van der Waals surface area contributed by atoms with Crippen molar-refractivity contribution >= 4 is 23.6 Å². The molecular weight excluding hydrogens is 401 g/mol. The van der Waals surface area contributed by atoms with Crippen LogP contribution in [-0.4, -0.2) is 44.7 Å². The summed E-state index contributed by atoms with van der Waals surface area (Å²) in [5, 5.41) is 15.2. The van der Waals surface area contributed by atoms with Gasteiger partial charge < -0.3 is 10.6 Å². The SMILES string of the molecule is O=C(/C=C/c1ccccc1)Nc1ccc(-n2nnc(C(=O)NCC(F)(F)F)n2)cc1. The van der Waals surface area contributed by atoms with Gasteiger partial charge in [-0.1, -0.05) is 30.3 Å². The van der Waals surface area contributed by atoms with E-state index in [0.717, 1.165) is 10.4 Å². The highest BCUT2D eigenvalue weighted by Crippen LogP contribution is 2.13. The molecule has 0 aliphatic heterocycles. The monoisotopic (exact) mass is 416 g/mol. The molecule has 0 saturated carbocycles. The van der Waals surface area contributed by atoms with Crippen LogP contribution in [-0.2, 0) is 4.79 Å². The van der Waals surface area contributed by atoms with Gasteiger partial charge in [0.15, 0.2) is 0 Å². The molecule has 3 aromatic rings. The number of rotatable bonds is 6. The molecular formula is C19H15F3N6O2. The maximum absolute atomic E-state index is 12.2. The summed E-state index contributed by atoms with van der Waals surface area (Å²) in [6.45, 7) is -1.49. The lowest BCUT2D eigenvalue weighted by molar-refractivity contribution is -0.123. The molecule has 154 valence electrons. The van der Waals surface area contributed by atoms with E-state index in [4.69, 9.17) is 0 Å². The minimum Gasteiger partial charge on any atom is -0.340 e. The van der Waals surface area contributed by atoms with Crippen molar-refractivity contribution in [3.05, 3.63) is 72.1 Å². The molecule has 0 bridgehead atoms. The number of halogens is 3. The minimum atomic E-state index is -4.54. The van der Waals surface area contributed by atoms with E-state index in [2.05, 4.69) is 20.7 Å². The van der Waals surface area contributed by atoms with Crippen LogP contribution in [0.1, 0.15) is 16.2 Å². The Morgan fingerprint density at radius 1 is 1.03 bits per heavy atom. The standard InChI is InChI=1S/C19H15F3N6O2/c20-19(21,22)12-23-18(30)17-25-27-28(26-17)15-9-7-14(8-10-15)24-16(29)11-6-13-4-2-1-3-5-13/h1-11H,12H2,(H,23,30)(H,24,29)/b11-6+. The first-order chi connectivity index (χ1) is 14.3. The first-order valence-electron chi connectivity index (χ1n) is 8.60. The van der Waals surface area contributed by atoms with Gasteiger partial charge in [0.1, 0.15) is 6.54 Å². The summed E-state index contributed by atoms with van der Waals surface area (Å²) in [6.07, 6.45) is -1.47. The highest BCUT2D eigenvalue weighted by atomic mass is 19.4. The molecule has 0 radical (unpaired) electrons. The lowest BCUT2D eigenvalue weighted by Gasteiger charge is -2.05. The fourth-order valence-corrected chi connectivity index (χ4v) is 2.27. The van der Waals surface area contributed by atoms with Crippen LogP contribution in [0.4, 0.5) is 18.9 Å². The van der Waals surface area contributed by atoms with Crippen LogP contribution in [0.5, 0.6) is 0 Å². The number of hydrogen-bond donors (Lipinski definition) is 2. The number of carbonyl (C=O) groups is 2. The highest BCUT2D eigenvalue weighted by Gasteiger charge is 2.28. The third kappa shape index (κ3) is 5.99. The summed E-state index contributed by atoms with van der Waals surface area (Å²) in [4.78, 5) is 24.6. The number of alkyl halides is 3. The van der Waals surface area contributed by atoms with E-state index >= 15 is 0 Å². The van der Waals surface area contributed by atoms with Crippen LogP contribution < -0.4 is 10.6 Å². The number of anilines is 1. The molecule has 0 saturated heterocycles. The van der Waals surface area contributed by atoms with Gasteiger partial charge in [0.25, 0.3) is 11.7 Å². The Labute approximate surface area is 168 Å². The predicted molar refractivity (Wildman–Crippen MR) is 102 cm³/mol. The van der Waals surface area contributed by atoms with Crippen LogP contribution in [0.3, 0.4) is 0 Å². The third-order valence-corrected chi connectivity index (χ3v) is 3.66. The first kappa shape index (κ1) is 20.7. The van der Waals surface area contributed by atoms with Crippen LogP contribution in [0, 0.1) is 0 Å². The molecule has 0 aliphatic rings. The number of amides is 2. The van der Waals surface area contributed by atoms with Crippen molar-refractivity contribution in [2.24, 2.45) is 0 Å². The largest absolute Gasteiger partial charge is 0.405 e. The minimum absolute atomic E-state index is 0.325. The van der Waals surface area contributed by atoms with Gasteiger partial charge in [0.05, 0.1) is 5.69 Å². The summed E-state index contributed by atoms with van der Waals surface area (Å²) in [5.41, 5.74) is 1.79. The van der Waals surface area contributed by atoms with Gasteiger partial charge in [-0.05, 0) is 41.1 Å². The molecule has 11 heteroatoms. The molecule has 0 aliphatic carbocycles. The molecule has 30 heavy (non-hydrogen) atoms. The van der Waals surface area contributed by atoms with E-state index in [-0.39, 0.29) is 5.91 Å². The van der Waals surface area contributed by atoms with Crippen molar-refractivity contribution in [1.82, 2.24) is 25.5 Å². The summed E-state index contributed by atoms with van der Waals surface area (Å²) >= 11 is 0. The molecule has 0 atom stereocenters. The summed E-state index contributed by atoms with van der Waals surface area (Å²) in [6, 6.07) is 15.6. The van der Waals surface area contributed by atoms with E-state index < -0.39 is 24.5 Å². The van der Waals surface area contributed by atoms with Gasteiger partial charge in [0, 0.05) is 11.8 Å². The predicted octanol–water partition coefficient (Wildman–Crippen LogP) is 2.61. The molecule has 0 spiro atoms. The van der Waals surface area contributed by atoms with Gasteiger partial charge >= 0.3 is 6.18 Å². The lowest BCUT2D eigenvalue weighted by Crippen LogP contribution is -2.34. The molecule has 3 rings (SSSR count). The van der Waals surface area contributed by atoms with E-state index in [1.165, 1.54) is 6.08 Å². The second kappa shape index (κ2) is 8.99. The summed E-state index contributed by atoms with van der Waals surface area (Å²) in [5.74, 6) is -1.91. The van der Waals surface area contributed by atoms with E-state index in [1.807, 2.05) is 30.3 Å². The number of carbonyl (C=O) groups excluding carboxylic acids is 2. The Morgan fingerprint density at radius 2 is 1.73 bits per heavy atom. The molecule has 1 heterocycles. The third-order valence-electron chi connectivity index (χ3n) is 3.66. The average molecular weight is 416 g/mol. The Bertz CT molecular complexity index is 1050. The van der Waals surface area contributed by atoms with E-state index in [9.17, 15) is 22.8 Å². The Morgan fingerprint density at radius 3 is 2.40 bits per heavy atom. The molecule has 0 fully saturated rings. The second-order valence-electron chi connectivity index (χ2n) is 5.98. The zero-order valence-electron chi connectivity index (χ0n) is 15.3. The first-order valence-corrected chi connectivity index (χ1v) is 8.60. The van der Waals surface area contributed by atoms with Gasteiger partial charge in [-0.15, -0.1) is 15.0 Å². The second-order valence-corrected chi connectivity index (χ2v) is 5.98. The highest BCUT2D eigenvalue weighted by molar-refractivity contribution is 6.01. The van der Waals surface area contributed by atoms with Gasteiger partial charge in [-0.3, -0.25) is 9.59 Å². The van der Waals surface area contributed by atoms with Gasteiger partial charge in [0.2, 0.25) is 5.91 Å². The van der Waals surface area contributed by atoms with Crippen molar-refractivity contribution in [2.75, 3.05) is 11.9 Å². The number of hydrogen-bond acceptors (Lipinski definition) is 5. The zero-order valence-corrected chi connectivity index (χ0v) is 15.3. The average Bonchev–Trinajstić information content (AvgIpc) is 3.22. The fourth-order valence-electron chi connectivity index (χ4n) is 2.27. The molecule has 0 unspecified atom stereocenters. The molecule has 8 nitrogen and oxygen atoms in total. The Hall–Kier alpha value is -4.02. The fraction of sp³-hybridized carbons (Fsp3) is 0.105. The zero-order chi connectivity index (χ0) is 21.6. The molecule has 1 aromatic heterocycles. The topological polar surface area (TPSA) is 102 Å². The van der Waals surface area contributed by atoms with Crippen molar-refractivity contribution in [2.45, 2.75) is 6.18 Å². The van der Waals surface area contributed by atoms with Crippen LogP contribution in [0.25, 0.3) is 11.8 Å². The maximum atomic E-state index is 12.2. The normalized spacial score (nSPS) is 11.4. The summed E-state index contributed by atoms with van der Waals surface area (Å²) in [7, 11) is 0. The van der Waals surface area contributed by atoms with E-state index in [1.54, 1.807) is 35.7 Å². The molecule has 2 N–H and O–H groups in total. The molecule has 2 aromatic carbocycles. The van der Waals surface area contributed by atoms with Crippen molar-refractivity contribution in [3.8, 4) is 5.69 Å². The lowest BCUT2D eigenvalue weighted by atomic mass is 10.2. The smallest absolute Gasteiger partial charge is 0.340 e. The Balaban J connectivity index is 1.59. The van der Waals surface area contributed by atoms with Crippen molar-refractivity contribution < 1.29 is 22.8 Å².